The smallest absolute Gasteiger partial charge is 0.236 e. The van der Waals surface area contributed by atoms with Crippen LogP contribution in [0.25, 0.3) is 0 Å². The zero-order valence-corrected chi connectivity index (χ0v) is 27.7. The third-order valence-electron chi connectivity index (χ3n) is 7.85. The fraction of sp³-hybridized carbons (Fsp3) is 0.533. The molecule has 2 aliphatic rings. The Morgan fingerprint density at radius 3 is 2.48 bits per heavy atom. The van der Waals surface area contributed by atoms with Gasteiger partial charge in [0.15, 0.2) is 5.82 Å². The van der Waals surface area contributed by atoms with Crippen molar-refractivity contribution in [1.82, 2.24) is 29.5 Å². The van der Waals surface area contributed by atoms with E-state index >= 15 is 0 Å². The van der Waals surface area contributed by atoms with Crippen molar-refractivity contribution in [3.05, 3.63) is 40.7 Å². The lowest BCUT2D eigenvalue weighted by Gasteiger charge is -2.33. The van der Waals surface area contributed by atoms with Crippen LogP contribution in [0.5, 0.6) is 5.75 Å². The number of ether oxygens (including phenoxy) is 1. The van der Waals surface area contributed by atoms with Crippen LogP contribution in [0.1, 0.15) is 56.6 Å². The van der Waals surface area contributed by atoms with Gasteiger partial charge in [0.2, 0.25) is 26.7 Å². The minimum atomic E-state index is -3.65. The van der Waals surface area contributed by atoms with Crippen molar-refractivity contribution in [2.45, 2.75) is 68.8 Å². The lowest BCUT2D eigenvalue weighted by Crippen LogP contribution is -2.42. The van der Waals surface area contributed by atoms with Crippen LogP contribution in [0.2, 0.25) is 5.02 Å². The lowest BCUT2D eigenvalue weighted by molar-refractivity contribution is -0.132. The number of carbonyl (C=O) groups excluding carboxylic acids is 1. The van der Waals surface area contributed by atoms with E-state index in [0.717, 1.165) is 55.8 Å². The van der Waals surface area contributed by atoms with Gasteiger partial charge in [-0.1, -0.05) is 11.6 Å². The van der Waals surface area contributed by atoms with Crippen LogP contribution in [0.4, 0.5) is 23.1 Å². The number of nitrogens with zero attached hydrogens (tertiary/aromatic N) is 6. The van der Waals surface area contributed by atoms with Gasteiger partial charge in [-0.05, 0) is 89.7 Å². The van der Waals surface area contributed by atoms with E-state index < -0.39 is 15.1 Å². The molecule has 14 heteroatoms. The Hall–Kier alpha value is -3.42. The molecule has 2 aromatic heterocycles. The minimum absolute atomic E-state index is 0.0709. The number of aryl methyl sites for hydroxylation is 2. The second-order valence-corrected chi connectivity index (χ2v) is 15.0. The fourth-order valence-electron chi connectivity index (χ4n) is 5.26. The molecule has 238 valence electrons. The number of nitrogens with one attached hydrogen (secondary N) is 2. The summed E-state index contributed by atoms with van der Waals surface area (Å²) in [5.74, 6) is 1.73. The van der Waals surface area contributed by atoms with Gasteiger partial charge in [0, 0.05) is 26.3 Å². The number of hydrogen-bond acceptors (Lipinski definition) is 10. The van der Waals surface area contributed by atoms with E-state index in [4.69, 9.17) is 16.3 Å². The summed E-state index contributed by atoms with van der Waals surface area (Å²) in [6, 6.07) is 4.17. The largest absolute Gasteiger partial charge is 0.488 e. The van der Waals surface area contributed by atoms with Gasteiger partial charge in [-0.3, -0.25) is 9.48 Å². The molecule has 44 heavy (non-hydrogen) atoms. The molecule has 3 heterocycles. The summed E-state index contributed by atoms with van der Waals surface area (Å²) >= 11 is 6.44. The van der Waals surface area contributed by atoms with Crippen LogP contribution in [0, 0.1) is 6.92 Å². The highest BCUT2D eigenvalue weighted by atomic mass is 35.5. The van der Waals surface area contributed by atoms with Gasteiger partial charge >= 0.3 is 0 Å². The summed E-state index contributed by atoms with van der Waals surface area (Å²) < 4.78 is 33.6. The van der Waals surface area contributed by atoms with Crippen LogP contribution in [-0.4, -0.2) is 89.0 Å². The second kappa shape index (κ2) is 12.9. The number of sulfone groups is 1. The monoisotopic (exact) mass is 644 g/mol. The number of rotatable bonds is 11. The average Bonchev–Trinajstić information content (AvgIpc) is 3.70. The molecule has 0 spiro atoms. The first kappa shape index (κ1) is 32.0. The zero-order valence-electron chi connectivity index (χ0n) is 26.1. The maximum absolute atomic E-state index is 12.9. The topological polar surface area (TPSA) is 135 Å². The predicted octanol–water partition coefficient (Wildman–Crippen LogP) is 4.65. The minimum Gasteiger partial charge on any atom is -0.488 e. The van der Waals surface area contributed by atoms with E-state index in [1.807, 2.05) is 23.9 Å². The molecule has 1 aromatic carbocycles. The molecule has 1 aliphatic carbocycles. The Morgan fingerprint density at radius 2 is 1.84 bits per heavy atom. The molecule has 2 fully saturated rings. The third-order valence-corrected chi connectivity index (χ3v) is 10.2. The van der Waals surface area contributed by atoms with Crippen LogP contribution in [0.15, 0.2) is 29.6 Å². The Labute approximate surface area is 264 Å². The van der Waals surface area contributed by atoms with Gasteiger partial charge in [-0.15, -0.1) is 0 Å². The molecular weight excluding hydrogens is 604 g/mol. The Morgan fingerprint density at radius 1 is 1.14 bits per heavy atom. The molecule has 5 rings (SSSR count). The van der Waals surface area contributed by atoms with E-state index in [9.17, 15) is 13.2 Å². The van der Waals surface area contributed by atoms with Gasteiger partial charge in [-0.2, -0.15) is 10.1 Å². The van der Waals surface area contributed by atoms with E-state index in [1.54, 1.807) is 27.1 Å². The van der Waals surface area contributed by atoms with Crippen molar-refractivity contribution in [1.29, 1.82) is 0 Å². The molecule has 0 unspecified atom stereocenters. The number of anilines is 4. The molecule has 0 bridgehead atoms. The summed E-state index contributed by atoms with van der Waals surface area (Å²) in [5.41, 5.74) is 3.34. The SMILES string of the molecule is Cc1cc(Nc2ncc(Cl)c(Nc3cn(C)nc3S(=O)(=O)C(C)C)n2)c(OC2CC2)cc1C1CCN(C(=O)CN(C)C)CC1. The molecule has 1 saturated heterocycles. The number of hydrogen-bond donors (Lipinski definition) is 2. The summed E-state index contributed by atoms with van der Waals surface area (Å²) in [5, 5.41) is 10.0. The first-order valence-electron chi connectivity index (χ1n) is 14.9. The van der Waals surface area contributed by atoms with Crippen LogP contribution >= 0.6 is 11.6 Å². The molecule has 1 amide bonds. The van der Waals surface area contributed by atoms with E-state index in [0.29, 0.717) is 12.5 Å². The van der Waals surface area contributed by atoms with Crippen molar-refractivity contribution in [2.75, 3.05) is 44.4 Å². The van der Waals surface area contributed by atoms with Crippen molar-refractivity contribution in [2.24, 2.45) is 7.05 Å². The van der Waals surface area contributed by atoms with Gasteiger partial charge in [-0.25, -0.2) is 13.4 Å². The average molecular weight is 645 g/mol. The van der Waals surface area contributed by atoms with E-state index in [1.165, 1.54) is 16.4 Å². The van der Waals surface area contributed by atoms with Crippen LogP contribution in [0.3, 0.4) is 0 Å². The van der Waals surface area contributed by atoms with Gasteiger partial charge in [0.25, 0.3) is 0 Å². The first-order valence-corrected chi connectivity index (χ1v) is 16.8. The summed E-state index contributed by atoms with van der Waals surface area (Å²) in [6.07, 6.45) is 7.02. The maximum atomic E-state index is 12.9. The standard InChI is InChI=1S/C30H41ClN8O4S/c1-18(2)44(41,42)29-25(16-38(6)36-29)33-28-23(31)15-32-30(35-28)34-24-13-19(3)22(14-26(24)43-21-7-8-21)20-9-11-39(12-10-20)27(40)17-37(4)5/h13-16,18,20-21H,7-12,17H2,1-6H3,(H2,32,33,34,35). The molecule has 1 saturated carbocycles. The normalized spacial score (nSPS) is 16.1. The molecule has 0 atom stereocenters. The number of piperidine rings is 1. The number of benzene rings is 1. The van der Waals surface area contributed by atoms with Crippen molar-refractivity contribution in [3.63, 3.8) is 0 Å². The number of halogens is 1. The quantitative estimate of drug-likeness (QED) is 0.304. The van der Waals surface area contributed by atoms with Crippen molar-refractivity contribution < 1.29 is 17.9 Å². The Balaban J connectivity index is 1.37. The van der Waals surface area contributed by atoms with Gasteiger partial charge in [0.05, 0.1) is 35.5 Å². The molecule has 12 nitrogen and oxygen atoms in total. The number of amides is 1. The number of aromatic nitrogens is 4. The molecule has 0 radical (unpaired) electrons. The highest BCUT2D eigenvalue weighted by Crippen LogP contribution is 2.40. The van der Waals surface area contributed by atoms with E-state index in [-0.39, 0.29) is 39.5 Å². The first-order chi connectivity index (χ1) is 20.8. The summed E-state index contributed by atoms with van der Waals surface area (Å²) in [7, 11) is 1.82. The van der Waals surface area contributed by atoms with Crippen molar-refractivity contribution >= 4 is 50.5 Å². The number of likely N-dealkylation sites (N-methyl/N-ethyl adjacent to an activating group) is 1. The highest BCUT2D eigenvalue weighted by molar-refractivity contribution is 7.92. The van der Waals surface area contributed by atoms with Crippen molar-refractivity contribution in [3.8, 4) is 5.75 Å². The summed E-state index contributed by atoms with van der Waals surface area (Å²) in [6.45, 7) is 7.20. The molecular formula is C30H41ClN8O4S. The second-order valence-electron chi connectivity index (χ2n) is 12.2. The fourth-order valence-corrected chi connectivity index (χ4v) is 6.50. The molecule has 3 aromatic rings. The zero-order chi connectivity index (χ0) is 31.8. The maximum Gasteiger partial charge on any atom is 0.236 e. The number of likely N-dealkylation sites (tertiary alicyclic amines) is 1. The predicted molar refractivity (Wildman–Crippen MR) is 171 cm³/mol. The molecule has 1 aliphatic heterocycles. The Kier molecular flexibility index (Phi) is 9.38. The van der Waals surface area contributed by atoms with Gasteiger partial charge in [0.1, 0.15) is 10.8 Å². The third kappa shape index (κ3) is 7.27. The van der Waals surface area contributed by atoms with E-state index in [2.05, 4.69) is 44.8 Å². The van der Waals surface area contributed by atoms with Crippen LogP contribution in [-0.2, 0) is 21.7 Å². The molecule has 2 N–H and O–H groups in total. The van der Waals surface area contributed by atoms with Gasteiger partial charge < -0.3 is 25.2 Å². The lowest BCUT2D eigenvalue weighted by atomic mass is 9.86. The number of carbonyl (C=O) groups is 1. The highest BCUT2D eigenvalue weighted by Gasteiger charge is 2.30. The van der Waals surface area contributed by atoms with Crippen LogP contribution < -0.4 is 15.4 Å². The summed E-state index contributed by atoms with van der Waals surface area (Å²) in [4.78, 5) is 25.4. The Bertz CT molecular complexity index is 1630.